The lowest BCUT2D eigenvalue weighted by Gasteiger charge is -2.10. The van der Waals surface area contributed by atoms with E-state index < -0.39 is 17.7 Å². The van der Waals surface area contributed by atoms with Gasteiger partial charge in [0.1, 0.15) is 0 Å². The van der Waals surface area contributed by atoms with Gasteiger partial charge in [0.05, 0.1) is 60.8 Å². The Morgan fingerprint density at radius 3 is 1.38 bits per heavy atom. The van der Waals surface area contributed by atoms with Crippen molar-refractivity contribution in [2.24, 2.45) is 15.8 Å². The van der Waals surface area contributed by atoms with Gasteiger partial charge in [-0.15, -0.1) is 12.4 Å². The van der Waals surface area contributed by atoms with Crippen LogP contribution in [0.3, 0.4) is 0 Å². The van der Waals surface area contributed by atoms with Crippen LogP contribution >= 0.6 is 12.4 Å². The molecule has 7 aromatic rings. The Balaban J connectivity index is 0.000000967. The second kappa shape index (κ2) is 40.2. The molecule has 0 aliphatic carbocycles. The van der Waals surface area contributed by atoms with Gasteiger partial charge in [-0.2, -0.15) is 15.6 Å². The Labute approximate surface area is 469 Å². The van der Waals surface area contributed by atoms with Crippen molar-refractivity contribution in [1.29, 1.82) is 10.5 Å². The third kappa shape index (κ3) is 24.8. The second-order valence-electron chi connectivity index (χ2n) is 14.8. The van der Waals surface area contributed by atoms with Gasteiger partial charge in [0, 0.05) is 23.2 Å². The van der Waals surface area contributed by atoms with E-state index in [0.29, 0.717) is 46.7 Å². The van der Waals surface area contributed by atoms with Gasteiger partial charge in [-0.25, -0.2) is 24.3 Å². The lowest BCUT2D eigenvalue weighted by molar-refractivity contribution is -0.132. The molecule has 0 saturated heterocycles. The van der Waals surface area contributed by atoms with Crippen LogP contribution < -0.4 is 10.7 Å². The average Bonchev–Trinajstić information content (AvgIpc) is 3.92. The number of anilines is 1. The van der Waals surface area contributed by atoms with Crippen molar-refractivity contribution in [3.63, 3.8) is 0 Å². The van der Waals surface area contributed by atoms with Crippen LogP contribution in [0.4, 0.5) is 17.1 Å². The summed E-state index contributed by atoms with van der Waals surface area (Å²) in [7, 11) is 0. The van der Waals surface area contributed by atoms with Gasteiger partial charge in [0.25, 0.3) is 11.7 Å². The summed E-state index contributed by atoms with van der Waals surface area (Å²) < 4.78 is 0. The van der Waals surface area contributed by atoms with Crippen LogP contribution in [-0.4, -0.2) is 51.0 Å². The van der Waals surface area contributed by atoms with Crippen LogP contribution in [0.15, 0.2) is 198 Å². The smallest absolute Gasteiger partial charge is 0.377 e. The molecule has 0 unspecified atom stereocenters. The number of Topliss-reactive ketones (excluding diaryl/α,β-unsaturated/α-hetero) is 2. The number of nitrogens with zero attached hydrogens (tertiary/aromatic N) is 7. The van der Waals surface area contributed by atoms with Gasteiger partial charge in [-0.1, -0.05) is 193 Å². The maximum absolute atomic E-state index is 12.0. The van der Waals surface area contributed by atoms with Crippen molar-refractivity contribution in [3.05, 3.63) is 255 Å². The standard InChI is InChI=1S/C16H11N3O.C16H12N2O2.C9H5NO3.C9H7NO.C7H9N.3C2H6.ClH/c17-11-12-6-8-13(9-7-12)15-10-16(20)19(18-15)14-4-2-1-3-5-14;17-10-12-6-8-14(9-7-12)15(16(19)20)18-11-13-4-2-1-3-5-13;1-10-7-4-2-6(3-5-7)8(11)9(12)13;1-7(11)8-3-5-9(10-2)6-4-8;8-6-7-4-2-1-3-5-7;3*1-2;/h1-9H,10H2;1-9H,11H2,(H,19,20);2-5H,(H,12,13);3-6H,1H3;1-5H,6,8H2;3*1-2H3;1H. The Morgan fingerprint density at radius 2 is 1.00 bits per heavy atom. The van der Waals surface area contributed by atoms with Crippen molar-refractivity contribution in [3.8, 4) is 12.1 Å². The maximum Gasteiger partial charge on any atom is 0.377 e. The lowest BCUT2D eigenvalue weighted by Crippen LogP contribution is -2.19. The number of benzene rings is 7. The molecule has 1 aliphatic heterocycles. The van der Waals surface area contributed by atoms with Crippen LogP contribution in [0, 0.1) is 35.8 Å². The van der Waals surface area contributed by atoms with Gasteiger partial charge in [-0.05, 0) is 60.0 Å². The van der Waals surface area contributed by atoms with Crippen molar-refractivity contribution in [1.82, 2.24) is 0 Å². The second-order valence-corrected chi connectivity index (χ2v) is 14.8. The van der Waals surface area contributed by atoms with E-state index in [2.05, 4.69) is 25.9 Å². The van der Waals surface area contributed by atoms with E-state index >= 15 is 0 Å². The molecule has 15 nitrogen and oxygen atoms in total. The predicted molar refractivity (Wildman–Crippen MR) is 315 cm³/mol. The zero-order valence-corrected chi connectivity index (χ0v) is 45.9. The Morgan fingerprint density at radius 1 is 0.595 bits per heavy atom. The molecule has 0 aromatic heterocycles. The fourth-order valence-corrected chi connectivity index (χ4v) is 6.03. The molecule has 404 valence electrons. The largest absolute Gasteiger partial charge is 0.477 e. The number of carboxylic acid groups (broad SMARTS) is 2. The molecule has 0 bridgehead atoms. The molecule has 0 spiro atoms. The molecule has 1 amide bonds. The summed E-state index contributed by atoms with van der Waals surface area (Å²) in [5, 5.41) is 40.9. The highest BCUT2D eigenvalue weighted by Gasteiger charge is 2.26. The first-order valence-electron chi connectivity index (χ1n) is 24.6. The quantitative estimate of drug-likeness (QED) is 0.0507. The number of rotatable bonds is 10. The number of carboxylic acids is 2. The van der Waals surface area contributed by atoms with Crippen LogP contribution in [0.2, 0.25) is 0 Å². The monoisotopic (exact) mass is 1080 g/mol. The molecule has 0 radical (unpaired) electrons. The van der Waals surface area contributed by atoms with Gasteiger partial charge >= 0.3 is 11.9 Å². The number of ketones is 2. The summed E-state index contributed by atoms with van der Waals surface area (Å²) >= 11 is 0. The molecular formula is C63H63ClN8O7. The molecule has 0 saturated carbocycles. The number of carbonyl (C=O) groups excluding carboxylic acids is 3. The van der Waals surface area contributed by atoms with Gasteiger partial charge < -0.3 is 15.9 Å². The maximum atomic E-state index is 12.0. The van der Waals surface area contributed by atoms with Gasteiger partial charge in [0.2, 0.25) is 0 Å². The number of halogens is 1. The molecule has 0 atom stereocenters. The highest BCUT2D eigenvalue weighted by atomic mass is 35.5. The molecule has 1 aliphatic rings. The number of hydrogen-bond donors (Lipinski definition) is 3. The van der Waals surface area contributed by atoms with E-state index in [0.717, 1.165) is 22.5 Å². The first-order chi connectivity index (χ1) is 37.8. The zero-order chi connectivity index (χ0) is 58.3. The van der Waals surface area contributed by atoms with E-state index in [1.165, 1.54) is 41.8 Å². The Kier molecular flexibility index (Phi) is 35.0. The molecule has 0 fully saturated rings. The number of hydrogen-bond acceptors (Lipinski definition) is 10. The number of aliphatic carboxylic acids is 2. The fourth-order valence-electron chi connectivity index (χ4n) is 6.03. The van der Waals surface area contributed by atoms with E-state index in [-0.39, 0.29) is 41.8 Å². The summed E-state index contributed by atoms with van der Waals surface area (Å²) in [6.07, 6.45) is 0.279. The number of nitriles is 2. The number of nitrogens with two attached hydrogens (primary N) is 1. The minimum atomic E-state index is -1.49. The van der Waals surface area contributed by atoms with E-state index in [4.69, 9.17) is 34.5 Å². The number of aliphatic imine (C=N–C) groups is 1. The minimum absolute atomic E-state index is 0. The summed E-state index contributed by atoms with van der Waals surface area (Å²) in [5.74, 6) is -3.55. The number of carbonyl (C=O) groups is 5. The molecular weight excluding hydrogens is 1020 g/mol. The predicted octanol–water partition coefficient (Wildman–Crippen LogP) is 13.9. The van der Waals surface area contributed by atoms with Crippen LogP contribution in [0.5, 0.6) is 0 Å². The fraction of sp³-hybridized carbons (Fsp3) is 0.159. The lowest BCUT2D eigenvalue weighted by atomic mass is 10.1. The summed E-state index contributed by atoms with van der Waals surface area (Å²) in [6.45, 7) is 27.7. The molecule has 79 heavy (non-hydrogen) atoms. The van der Waals surface area contributed by atoms with E-state index in [1.807, 2.05) is 151 Å². The van der Waals surface area contributed by atoms with Crippen LogP contribution in [0.25, 0.3) is 9.69 Å². The van der Waals surface area contributed by atoms with Crippen LogP contribution in [0.1, 0.15) is 109 Å². The number of para-hydroxylation sites is 1. The van der Waals surface area contributed by atoms with Gasteiger partial charge in [-0.3, -0.25) is 19.4 Å². The topological polar surface area (TPSA) is 236 Å². The Hall–Kier alpha value is -10.2. The average molecular weight is 1080 g/mol. The third-order valence-corrected chi connectivity index (χ3v) is 9.81. The van der Waals surface area contributed by atoms with Crippen molar-refractivity contribution in [2.75, 3.05) is 5.01 Å². The SMILES string of the molecule is CC.CC.CC.Cl.N#Cc1ccc(C(=NCc2ccccc2)C(=O)O)cc1.N#Cc1ccc(C2=NN(c3ccccc3)C(=O)C2)cc1.NCc1ccccc1.[C-]#[N+]c1ccc(C(=O)C(=O)O)cc1.[C-]#[N+]c1ccc(C(C)=O)cc1. The van der Waals surface area contributed by atoms with Crippen LogP contribution in [-0.2, 0) is 27.5 Å². The molecule has 16 heteroatoms. The number of amides is 1. The normalized spacial score (nSPS) is 10.1. The zero-order valence-electron chi connectivity index (χ0n) is 45.1. The number of hydrazone groups is 1. The molecule has 8 rings (SSSR count). The summed E-state index contributed by atoms with van der Waals surface area (Å²) in [5.41, 5.74) is 13.1. The highest BCUT2D eigenvalue weighted by molar-refractivity contribution is 6.42. The molecule has 4 N–H and O–H groups in total. The van der Waals surface area contributed by atoms with E-state index in [1.54, 1.807) is 60.7 Å². The molecule has 7 aromatic carbocycles. The van der Waals surface area contributed by atoms with Crippen molar-refractivity contribution in [2.45, 2.75) is 68.0 Å². The Bertz CT molecular complexity index is 3200. The van der Waals surface area contributed by atoms with Crippen molar-refractivity contribution >= 4 is 70.3 Å². The van der Waals surface area contributed by atoms with Crippen molar-refractivity contribution < 1.29 is 34.2 Å². The first kappa shape index (κ1) is 68.8. The van der Waals surface area contributed by atoms with Gasteiger partial charge in [0.15, 0.2) is 22.9 Å². The summed E-state index contributed by atoms with van der Waals surface area (Å²) in [4.78, 5) is 65.7. The summed E-state index contributed by atoms with van der Waals surface area (Å²) in [6, 6.07) is 58.3. The molecule has 1 heterocycles. The van der Waals surface area contributed by atoms with E-state index in [9.17, 15) is 29.1 Å². The minimum Gasteiger partial charge on any atom is -0.477 e. The first-order valence-corrected chi connectivity index (χ1v) is 24.6. The third-order valence-electron chi connectivity index (χ3n) is 9.81. The highest BCUT2D eigenvalue weighted by Crippen LogP contribution is 2.23.